The fraction of sp³-hybridized carbons (Fsp3) is 0.500. The average Bonchev–Trinajstić information content (AvgIpc) is 2.18. The lowest BCUT2D eigenvalue weighted by molar-refractivity contribution is -0.148. The van der Waals surface area contributed by atoms with Crippen molar-refractivity contribution in [2.75, 3.05) is 0 Å². The number of hydrogen-bond donors (Lipinski definition) is 0. The smallest absolute Gasteiger partial charge is 0.326 e. The van der Waals surface area contributed by atoms with Crippen molar-refractivity contribution in [3.8, 4) is 0 Å². The van der Waals surface area contributed by atoms with Crippen LogP contribution in [0.1, 0.15) is 13.8 Å². The Bertz CT molecular complexity index is 498. The Morgan fingerprint density at radius 1 is 1.31 bits per heavy atom. The Kier molecular flexibility index (Phi) is 3.65. The fourth-order valence-electron chi connectivity index (χ4n) is 1.15. The maximum atomic E-state index is 11.4. The lowest BCUT2D eigenvalue weighted by atomic mass is 10.5. The molecule has 16 heavy (non-hydrogen) atoms. The van der Waals surface area contributed by atoms with E-state index in [0.717, 1.165) is 9.13 Å². The van der Waals surface area contributed by atoms with Crippen LogP contribution in [-0.4, -0.2) is 21.2 Å². The molecule has 1 aromatic heterocycles. The lowest BCUT2D eigenvalue weighted by Crippen LogP contribution is -2.40. The standard InChI is InChI=1S/C10H14N2O4/c1-7(2)16-8(13)6-12-5-4-11(3)9(14)10(12)15/h4-5,7H,6H2,1-3H3. The van der Waals surface area contributed by atoms with Crippen LogP contribution in [0.15, 0.2) is 22.0 Å². The molecule has 0 aliphatic heterocycles. The molecular formula is C10H14N2O4. The van der Waals surface area contributed by atoms with Gasteiger partial charge in [-0.1, -0.05) is 0 Å². The molecule has 0 amide bonds. The molecule has 88 valence electrons. The molecule has 0 atom stereocenters. The minimum atomic E-state index is -0.731. The highest BCUT2D eigenvalue weighted by Crippen LogP contribution is 1.90. The van der Waals surface area contributed by atoms with Crippen LogP contribution in [-0.2, 0) is 23.1 Å². The third-order valence-corrected chi connectivity index (χ3v) is 1.90. The van der Waals surface area contributed by atoms with Crippen LogP contribution in [0.5, 0.6) is 0 Å². The van der Waals surface area contributed by atoms with E-state index in [2.05, 4.69) is 0 Å². The van der Waals surface area contributed by atoms with Gasteiger partial charge in [0.2, 0.25) is 0 Å². The molecule has 0 aromatic carbocycles. The highest BCUT2D eigenvalue weighted by Gasteiger charge is 2.09. The van der Waals surface area contributed by atoms with E-state index in [1.54, 1.807) is 13.8 Å². The number of aromatic nitrogens is 2. The van der Waals surface area contributed by atoms with E-state index in [9.17, 15) is 14.4 Å². The van der Waals surface area contributed by atoms with Crippen molar-refractivity contribution in [1.29, 1.82) is 0 Å². The largest absolute Gasteiger partial charge is 0.462 e. The van der Waals surface area contributed by atoms with Gasteiger partial charge in [-0.15, -0.1) is 0 Å². The van der Waals surface area contributed by atoms with Gasteiger partial charge in [-0.3, -0.25) is 19.0 Å². The van der Waals surface area contributed by atoms with E-state index in [1.807, 2.05) is 0 Å². The minimum absolute atomic E-state index is 0.241. The van der Waals surface area contributed by atoms with E-state index >= 15 is 0 Å². The van der Waals surface area contributed by atoms with Crippen molar-refractivity contribution in [3.63, 3.8) is 0 Å². The first-order valence-corrected chi connectivity index (χ1v) is 4.87. The Hall–Kier alpha value is -1.85. The molecule has 0 saturated heterocycles. The van der Waals surface area contributed by atoms with Crippen molar-refractivity contribution in [3.05, 3.63) is 33.1 Å². The molecule has 1 aromatic rings. The molecule has 1 heterocycles. The Morgan fingerprint density at radius 3 is 2.50 bits per heavy atom. The summed E-state index contributed by atoms with van der Waals surface area (Å²) in [6.45, 7) is 3.18. The average molecular weight is 226 g/mol. The Morgan fingerprint density at radius 2 is 1.94 bits per heavy atom. The maximum absolute atomic E-state index is 11.4. The van der Waals surface area contributed by atoms with Crippen LogP contribution in [0, 0.1) is 0 Å². The van der Waals surface area contributed by atoms with Crippen LogP contribution >= 0.6 is 0 Å². The molecule has 1 rings (SSSR count). The van der Waals surface area contributed by atoms with E-state index < -0.39 is 17.1 Å². The fourth-order valence-corrected chi connectivity index (χ4v) is 1.15. The number of rotatable bonds is 3. The number of esters is 1. The zero-order valence-corrected chi connectivity index (χ0v) is 9.47. The minimum Gasteiger partial charge on any atom is -0.462 e. The van der Waals surface area contributed by atoms with Gasteiger partial charge in [0.25, 0.3) is 0 Å². The van der Waals surface area contributed by atoms with Crippen molar-refractivity contribution in [2.45, 2.75) is 26.5 Å². The summed E-state index contributed by atoms with van der Waals surface area (Å²) in [5, 5.41) is 0. The van der Waals surface area contributed by atoms with Crippen LogP contribution in [0.3, 0.4) is 0 Å². The van der Waals surface area contributed by atoms with Gasteiger partial charge in [0.1, 0.15) is 6.54 Å². The normalized spacial score (nSPS) is 10.5. The molecular weight excluding hydrogens is 212 g/mol. The molecule has 0 aliphatic rings. The van der Waals surface area contributed by atoms with Gasteiger partial charge in [0.15, 0.2) is 0 Å². The summed E-state index contributed by atoms with van der Waals surface area (Å²) in [7, 11) is 1.47. The Balaban J connectivity index is 2.92. The third-order valence-electron chi connectivity index (χ3n) is 1.90. The zero-order valence-electron chi connectivity index (χ0n) is 9.47. The topological polar surface area (TPSA) is 70.3 Å². The molecule has 0 radical (unpaired) electrons. The molecule has 0 bridgehead atoms. The number of aryl methyl sites for hydroxylation is 1. The summed E-state index contributed by atoms with van der Waals surface area (Å²) in [6, 6.07) is 0. The van der Waals surface area contributed by atoms with Gasteiger partial charge in [-0.05, 0) is 13.8 Å². The first kappa shape index (κ1) is 12.2. The molecule has 0 unspecified atom stereocenters. The second kappa shape index (κ2) is 4.78. The summed E-state index contributed by atoms with van der Waals surface area (Å²) < 4.78 is 7.07. The van der Waals surface area contributed by atoms with Crippen LogP contribution in [0.4, 0.5) is 0 Å². The molecule has 0 spiro atoms. The second-order valence-corrected chi connectivity index (χ2v) is 3.69. The SMILES string of the molecule is CC(C)OC(=O)Cn1ccn(C)c(=O)c1=O. The quantitative estimate of drug-likeness (QED) is 0.514. The van der Waals surface area contributed by atoms with Crippen molar-refractivity contribution in [2.24, 2.45) is 7.05 Å². The number of carbonyl (C=O) groups excluding carboxylic acids is 1. The van der Waals surface area contributed by atoms with Gasteiger partial charge in [-0.25, -0.2) is 0 Å². The summed E-state index contributed by atoms with van der Waals surface area (Å²) in [6.07, 6.45) is 2.56. The van der Waals surface area contributed by atoms with E-state index in [1.165, 1.54) is 19.4 Å². The predicted molar refractivity (Wildman–Crippen MR) is 57.2 cm³/mol. The van der Waals surface area contributed by atoms with Gasteiger partial charge in [-0.2, -0.15) is 0 Å². The van der Waals surface area contributed by atoms with Gasteiger partial charge >= 0.3 is 17.1 Å². The number of carbonyl (C=O) groups is 1. The van der Waals surface area contributed by atoms with Gasteiger partial charge in [0.05, 0.1) is 6.10 Å². The Labute approximate surface area is 92.1 Å². The number of ether oxygens (including phenoxy) is 1. The molecule has 0 aliphatic carbocycles. The van der Waals surface area contributed by atoms with Crippen molar-refractivity contribution < 1.29 is 9.53 Å². The summed E-state index contributed by atoms with van der Waals surface area (Å²) >= 11 is 0. The number of hydrogen-bond acceptors (Lipinski definition) is 4. The van der Waals surface area contributed by atoms with Crippen LogP contribution in [0.2, 0.25) is 0 Å². The van der Waals surface area contributed by atoms with Crippen molar-refractivity contribution in [1.82, 2.24) is 9.13 Å². The predicted octanol–water partition coefficient (Wildman–Crippen LogP) is -0.501. The zero-order chi connectivity index (χ0) is 12.3. The first-order chi connectivity index (χ1) is 7.41. The molecule has 6 nitrogen and oxygen atoms in total. The molecule has 0 N–H and O–H groups in total. The molecule has 0 fully saturated rings. The van der Waals surface area contributed by atoms with Crippen molar-refractivity contribution >= 4 is 5.97 Å². The summed E-state index contributed by atoms with van der Waals surface area (Å²) in [4.78, 5) is 34.0. The highest BCUT2D eigenvalue weighted by atomic mass is 16.5. The molecule has 0 saturated carbocycles. The second-order valence-electron chi connectivity index (χ2n) is 3.69. The number of nitrogens with zero attached hydrogens (tertiary/aromatic N) is 2. The van der Waals surface area contributed by atoms with E-state index in [0.29, 0.717) is 0 Å². The maximum Gasteiger partial charge on any atom is 0.326 e. The van der Waals surface area contributed by atoms with Gasteiger partial charge in [0, 0.05) is 19.4 Å². The highest BCUT2D eigenvalue weighted by molar-refractivity contribution is 5.69. The van der Waals surface area contributed by atoms with Crippen LogP contribution in [0.25, 0.3) is 0 Å². The third kappa shape index (κ3) is 2.82. The van der Waals surface area contributed by atoms with Crippen LogP contribution < -0.4 is 11.1 Å². The molecule has 6 heteroatoms. The monoisotopic (exact) mass is 226 g/mol. The summed E-state index contributed by atoms with van der Waals surface area (Å²) in [5.41, 5.74) is -1.40. The summed E-state index contributed by atoms with van der Waals surface area (Å²) in [5.74, 6) is -0.537. The lowest BCUT2D eigenvalue weighted by Gasteiger charge is -2.09. The van der Waals surface area contributed by atoms with E-state index in [4.69, 9.17) is 4.74 Å². The van der Waals surface area contributed by atoms with Gasteiger partial charge < -0.3 is 9.30 Å². The first-order valence-electron chi connectivity index (χ1n) is 4.87. The van der Waals surface area contributed by atoms with E-state index in [-0.39, 0.29) is 12.6 Å².